The Labute approximate surface area is 134 Å². The van der Waals surface area contributed by atoms with Gasteiger partial charge in [0.25, 0.3) is 5.91 Å². The van der Waals surface area contributed by atoms with Crippen molar-refractivity contribution in [2.45, 2.75) is 18.9 Å². The van der Waals surface area contributed by atoms with Gasteiger partial charge in [-0.2, -0.15) is 0 Å². The van der Waals surface area contributed by atoms with E-state index in [2.05, 4.69) is 15.5 Å². The van der Waals surface area contributed by atoms with Crippen LogP contribution in [0.15, 0.2) is 53.9 Å². The molecule has 0 saturated heterocycles. The highest BCUT2D eigenvalue weighted by molar-refractivity contribution is 6.07. The Bertz CT molecular complexity index is 729. The number of methoxy groups -OCH3 is 1. The van der Waals surface area contributed by atoms with Crippen LogP contribution in [0, 0.1) is 0 Å². The zero-order valence-electron chi connectivity index (χ0n) is 12.9. The van der Waals surface area contributed by atoms with E-state index in [1.54, 1.807) is 38.6 Å². The van der Waals surface area contributed by atoms with E-state index in [9.17, 15) is 4.79 Å². The van der Waals surface area contributed by atoms with Crippen LogP contribution in [0.3, 0.4) is 0 Å². The second-order valence-corrected chi connectivity index (χ2v) is 5.46. The van der Waals surface area contributed by atoms with Gasteiger partial charge < -0.3 is 14.9 Å². The zero-order valence-corrected chi connectivity index (χ0v) is 12.9. The van der Waals surface area contributed by atoms with E-state index in [-0.39, 0.29) is 5.91 Å². The monoisotopic (exact) mass is 311 g/mol. The molecule has 118 valence electrons. The fourth-order valence-corrected chi connectivity index (χ4v) is 2.30. The molecule has 0 radical (unpaired) electrons. The molecular weight excluding hydrogens is 294 g/mol. The second-order valence-electron chi connectivity index (χ2n) is 5.46. The molecule has 2 heterocycles. The van der Waals surface area contributed by atoms with Crippen molar-refractivity contribution < 1.29 is 14.4 Å². The first-order valence-electron chi connectivity index (χ1n) is 7.22. The van der Waals surface area contributed by atoms with Gasteiger partial charge in [-0.1, -0.05) is 5.16 Å². The lowest BCUT2D eigenvalue weighted by molar-refractivity contribution is -0.135. The predicted octanol–water partition coefficient (Wildman–Crippen LogP) is 2.61. The first-order chi connectivity index (χ1) is 11.1. The smallest absolute Gasteiger partial charge is 0.271 e. The van der Waals surface area contributed by atoms with Crippen LogP contribution in [0.5, 0.6) is 5.75 Å². The number of oxime groups is 1. The van der Waals surface area contributed by atoms with Crippen molar-refractivity contribution in [1.82, 2.24) is 4.98 Å². The van der Waals surface area contributed by atoms with Crippen LogP contribution in [0.1, 0.15) is 18.9 Å². The summed E-state index contributed by atoms with van der Waals surface area (Å²) in [6, 6.07) is 10.9. The summed E-state index contributed by atoms with van der Waals surface area (Å²) in [5.41, 5.74) is 1.29. The van der Waals surface area contributed by atoms with E-state index in [1.807, 2.05) is 24.3 Å². The maximum atomic E-state index is 12.5. The number of nitrogens with zero attached hydrogens (tertiary/aromatic N) is 2. The van der Waals surface area contributed by atoms with E-state index in [1.165, 1.54) is 0 Å². The number of anilines is 1. The Kier molecular flexibility index (Phi) is 3.97. The van der Waals surface area contributed by atoms with Gasteiger partial charge in [0, 0.05) is 24.5 Å². The number of carbonyl (C=O) groups is 1. The molecule has 0 aliphatic carbocycles. The van der Waals surface area contributed by atoms with Crippen molar-refractivity contribution in [3.8, 4) is 5.75 Å². The first kappa shape index (κ1) is 15.0. The largest absolute Gasteiger partial charge is 0.497 e. The molecule has 0 spiro atoms. The lowest BCUT2D eigenvalue weighted by Crippen LogP contribution is -2.40. The summed E-state index contributed by atoms with van der Waals surface area (Å²) in [6.07, 6.45) is 3.63. The highest BCUT2D eigenvalue weighted by atomic mass is 16.7. The fourth-order valence-electron chi connectivity index (χ4n) is 2.30. The summed E-state index contributed by atoms with van der Waals surface area (Å²) in [5.74, 6) is 0.530. The summed E-state index contributed by atoms with van der Waals surface area (Å²) >= 11 is 0. The molecule has 1 aromatic heterocycles. The number of rotatable bonds is 4. The van der Waals surface area contributed by atoms with Gasteiger partial charge >= 0.3 is 0 Å². The lowest BCUT2D eigenvalue weighted by Gasteiger charge is -2.20. The average molecular weight is 311 g/mol. The van der Waals surface area contributed by atoms with Crippen molar-refractivity contribution in [3.05, 3.63) is 54.4 Å². The summed E-state index contributed by atoms with van der Waals surface area (Å²) in [5, 5.41) is 6.90. The molecule has 2 aromatic rings. The van der Waals surface area contributed by atoms with Crippen molar-refractivity contribution in [2.24, 2.45) is 5.16 Å². The molecule has 1 aromatic carbocycles. The minimum absolute atomic E-state index is 0.240. The third-order valence-corrected chi connectivity index (χ3v) is 3.70. The van der Waals surface area contributed by atoms with Crippen molar-refractivity contribution >= 4 is 17.3 Å². The molecule has 6 nitrogen and oxygen atoms in total. The molecule has 1 atom stereocenters. The van der Waals surface area contributed by atoms with Gasteiger partial charge in [0.1, 0.15) is 5.75 Å². The lowest BCUT2D eigenvalue weighted by atomic mass is 9.95. The number of hydrogen-bond donors (Lipinski definition) is 1. The Morgan fingerprint density at radius 3 is 2.57 bits per heavy atom. The van der Waals surface area contributed by atoms with Crippen LogP contribution < -0.4 is 10.1 Å². The average Bonchev–Trinajstić information content (AvgIpc) is 3.00. The highest BCUT2D eigenvalue weighted by Gasteiger charge is 2.42. The summed E-state index contributed by atoms with van der Waals surface area (Å²) in [7, 11) is 1.62. The van der Waals surface area contributed by atoms with Crippen molar-refractivity contribution in [3.63, 3.8) is 0 Å². The number of amides is 1. The van der Waals surface area contributed by atoms with Crippen LogP contribution >= 0.6 is 0 Å². The summed E-state index contributed by atoms with van der Waals surface area (Å²) in [6.45, 7) is 1.73. The molecule has 0 bridgehead atoms. The van der Waals surface area contributed by atoms with E-state index < -0.39 is 5.60 Å². The Morgan fingerprint density at radius 2 is 1.91 bits per heavy atom. The third kappa shape index (κ3) is 3.15. The van der Waals surface area contributed by atoms with Crippen molar-refractivity contribution in [2.75, 3.05) is 12.4 Å². The highest BCUT2D eigenvalue weighted by Crippen LogP contribution is 2.28. The molecule has 1 N–H and O–H groups in total. The molecule has 0 saturated carbocycles. The Hall–Kier alpha value is -2.89. The van der Waals surface area contributed by atoms with Crippen LogP contribution in [-0.2, 0) is 9.63 Å². The number of pyridine rings is 1. The van der Waals surface area contributed by atoms with Gasteiger partial charge in [0.05, 0.1) is 12.8 Å². The van der Waals surface area contributed by atoms with E-state index in [4.69, 9.17) is 9.57 Å². The zero-order chi connectivity index (χ0) is 16.3. The van der Waals surface area contributed by atoms with Crippen LogP contribution in [0.2, 0.25) is 0 Å². The fraction of sp³-hybridized carbons (Fsp3) is 0.235. The molecule has 1 aliphatic rings. The molecule has 1 aliphatic heterocycles. The van der Waals surface area contributed by atoms with Gasteiger partial charge in [-0.05, 0) is 48.9 Å². The number of benzene rings is 1. The van der Waals surface area contributed by atoms with Gasteiger partial charge in [-0.3, -0.25) is 9.78 Å². The standard InChI is InChI=1S/C17H17N3O3/c1-17(16(21)19-13-7-9-18-10-8-13)11-15(20-23-17)12-3-5-14(22-2)6-4-12/h3-10H,11H2,1-2H3,(H,18,19,21). The number of hydrogen-bond acceptors (Lipinski definition) is 5. The predicted molar refractivity (Wildman–Crippen MR) is 86.5 cm³/mol. The van der Waals surface area contributed by atoms with Gasteiger partial charge in [-0.15, -0.1) is 0 Å². The minimum Gasteiger partial charge on any atom is -0.497 e. The summed E-state index contributed by atoms with van der Waals surface area (Å²) in [4.78, 5) is 21.8. The van der Waals surface area contributed by atoms with E-state index >= 15 is 0 Å². The number of aromatic nitrogens is 1. The van der Waals surface area contributed by atoms with Gasteiger partial charge in [0.2, 0.25) is 5.60 Å². The Balaban J connectivity index is 1.69. The van der Waals surface area contributed by atoms with Crippen LogP contribution in [0.25, 0.3) is 0 Å². The topological polar surface area (TPSA) is 72.8 Å². The molecule has 6 heteroatoms. The normalized spacial score (nSPS) is 19.7. The first-order valence-corrected chi connectivity index (χ1v) is 7.22. The number of ether oxygens (including phenoxy) is 1. The van der Waals surface area contributed by atoms with Crippen LogP contribution in [0.4, 0.5) is 5.69 Å². The molecule has 1 unspecified atom stereocenters. The quantitative estimate of drug-likeness (QED) is 0.942. The Morgan fingerprint density at radius 1 is 1.22 bits per heavy atom. The van der Waals surface area contributed by atoms with Gasteiger partial charge in [0.15, 0.2) is 0 Å². The minimum atomic E-state index is -1.03. The van der Waals surface area contributed by atoms with E-state index in [0.29, 0.717) is 12.1 Å². The number of nitrogens with one attached hydrogen (secondary N) is 1. The van der Waals surface area contributed by atoms with Crippen molar-refractivity contribution in [1.29, 1.82) is 0 Å². The molecule has 3 rings (SSSR count). The molecule has 0 fully saturated rings. The molecular formula is C17H17N3O3. The number of carbonyl (C=O) groups excluding carboxylic acids is 1. The maximum absolute atomic E-state index is 12.5. The maximum Gasteiger partial charge on any atom is 0.271 e. The SMILES string of the molecule is COc1ccc(C2=NOC(C)(C(=O)Nc3ccncc3)C2)cc1. The van der Waals surface area contributed by atoms with Crippen LogP contribution in [-0.4, -0.2) is 29.3 Å². The summed E-state index contributed by atoms with van der Waals surface area (Å²) < 4.78 is 5.14. The van der Waals surface area contributed by atoms with E-state index in [0.717, 1.165) is 17.0 Å². The van der Waals surface area contributed by atoms with Gasteiger partial charge in [-0.25, -0.2) is 0 Å². The molecule has 1 amide bonds. The third-order valence-electron chi connectivity index (χ3n) is 3.70. The molecule has 23 heavy (non-hydrogen) atoms. The second kappa shape index (κ2) is 6.08.